The van der Waals surface area contributed by atoms with Crippen LogP contribution in [0.1, 0.15) is 18.4 Å². The van der Waals surface area contributed by atoms with E-state index in [4.69, 9.17) is 0 Å². The Bertz CT molecular complexity index is 1370. The van der Waals surface area contributed by atoms with Crippen molar-refractivity contribution in [1.29, 1.82) is 0 Å². The molecule has 1 aromatic heterocycles. The molecule has 1 saturated heterocycles. The first-order valence-electron chi connectivity index (χ1n) is 10.0. The van der Waals surface area contributed by atoms with Gasteiger partial charge in [0.1, 0.15) is 0 Å². The van der Waals surface area contributed by atoms with Crippen LogP contribution in [0.15, 0.2) is 52.2 Å². The second-order valence-electron chi connectivity index (χ2n) is 7.80. The van der Waals surface area contributed by atoms with Crippen LogP contribution in [0.4, 0.5) is 18.9 Å². The molecule has 33 heavy (non-hydrogen) atoms. The Morgan fingerprint density at radius 3 is 2.48 bits per heavy atom. The van der Waals surface area contributed by atoms with Crippen molar-refractivity contribution in [3.63, 3.8) is 0 Å². The predicted octanol–water partition coefficient (Wildman–Crippen LogP) is 3.66. The summed E-state index contributed by atoms with van der Waals surface area (Å²) in [5.41, 5.74) is -0.171. The summed E-state index contributed by atoms with van der Waals surface area (Å²) >= 11 is 0.964. The van der Waals surface area contributed by atoms with Gasteiger partial charge < -0.3 is 9.88 Å². The number of benzene rings is 2. The molecule has 4 rings (SSSR count). The summed E-state index contributed by atoms with van der Waals surface area (Å²) in [5.74, 6) is -0.963. The third kappa shape index (κ3) is 4.68. The largest absolute Gasteiger partial charge is 0.416 e. The molecule has 0 saturated carbocycles. The van der Waals surface area contributed by atoms with Gasteiger partial charge in [-0.05, 0) is 49.2 Å². The van der Waals surface area contributed by atoms with Crippen LogP contribution in [0.3, 0.4) is 0 Å². The molecule has 1 amide bonds. The fraction of sp³-hybridized carbons (Fsp3) is 0.333. The predicted molar refractivity (Wildman–Crippen MR) is 119 cm³/mol. The molecule has 0 radical (unpaired) electrons. The fourth-order valence-electron chi connectivity index (χ4n) is 3.80. The second-order valence-corrected chi connectivity index (χ2v) is 10.7. The van der Waals surface area contributed by atoms with E-state index in [1.165, 1.54) is 33.1 Å². The minimum absolute atomic E-state index is 0.0417. The highest BCUT2D eigenvalue weighted by Gasteiger charge is 2.33. The van der Waals surface area contributed by atoms with Crippen molar-refractivity contribution in [2.45, 2.75) is 23.9 Å². The van der Waals surface area contributed by atoms with E-state index in [-0.39, 0.29) is 41.4 Å². The van der Waals surface area contributed by atoms with E-state index >= 15 is 0 Å². The van der Waals surface area contributed by atoms with Crippen LogP contribution in [0.5, 0.6) is 0 Å². The van der Waals surface area contributed by atoms with Crippen LogP contribution in [0.25, 0.3) is 10.2 Å². The van der Waals surface area contributed by atoms with E-state index < -0.39 is 33.6 Å². The van der Waals surface area contributed by atoms with Gasteiger partial charge in [0.25, 0.3) is 0 Å². The van der Waals surface area contributed by atoms with Crippen molar-refractivity contribution in [3.05, 3.63) is 57.7 Å². The lowest BCUT2D eigenvalue weighted by Crippen LogP contribution is -2.41. The Morgan fingerprint density at radius 1 is 1.12 bits per heavy atom. The summed E-state index contributed by atoms with van der Waals surface area (Å²) in [6, 6.07) is 8.90. The molecule has 0 atom stereocenters. The Labute approximate surface area is 191 Å². The summed E-state index contributed by atoms with van der Waals surface area (Å²) < 4.78 is 68.0. The van der Waals surface area contributed by atoms with Gasteiger partial charge in [-0.25, -0.2) is 8.42 Å². The van der Waals surface area contributed by atoms with Gasteiger partial charge >= 0.3 is 11.0 Å². The Morgan fingerprint density at radius 2 is 1.82 bits per heavy atom. The number of piperidine rings is 1. The van der Waals surface area contributed by atoms with Gasteiger partial charge in [0.05, 0.1) is 20.7 Å². The number of nitrogens with zero attached hydrogens (tertiary/aromatic N) is 2. The molecule has 0 unspecified atom stereocenters. The van der Waals surface area contributed by atoms with Gasteiger partial charge in [-0.15, -0.1) is 0 Å². The first kappa shape index (κ1) is 23.5. The average molecular weight is 500 g/mol. The van der Waals surface area contributed by atoms with Crippen molar-refractivity contribution >= 4 is 43.2 Å². The van der Waals surface area contributed by atoms with Crippen molar-refractivity contribution in [1.82, 2.24) is 8.87 Å². The average Bonchev–Trinajstić information content (AvgIpc) is 3.06. The monoisotopic (exact) mass is 499 g/mol. The highest BCUT2D eigenvalue weighted by molar-refractivity contribution is 7.89. The van der Waals surface area contributed by atoms with Gasteiger partial charge in [0.15, 0.2) is 0 Å². The SMILES string of the molecule is Cn1c(=O)sc2cc(S(=O)(=O)N3CCC(C(=O)Nc4cccc(C(F)(F)F)c4)CC3)ccc21. The van der Waals surface area contributed by atoms with E-state index in [0.717, 1.165) is 23.5 Å². The van der Waals surface area contributed by atoms with E-state index in [2.05, 4.69) is 5.32 Å². The summed E-state index contributed by atoms with van der Waals surface area (Å²) in [6.07, 6.45) is -4.03. The molecule has 3 aromatic rings. The number of hydrogen-bond donors (Lipinski definition) is 1. The van der Waals surface area contributed by atoms with Gasteiger partial charge in [0, 0.05) is 31.7 Å². The number of nitrogens with one attached hydrogen (secondary N) is 1. The fourth-order valence-corrected chi connectivity index (χ4v) is 6.29. The molecule has 1 N–H and O–H groups in total. The maximum absolute atomic E-state index is 13.1. The number of aromatic nitrogens is 1. The molecule has 176 valence electrons. The molecular formula is C21H20F3N3O4S2. The van der Waals surface area contributed by atoms with E-state index in [9.17, 15) is 31.2 Å². The van der Waals surface area contributed by atoms with Gasteiger partial charge in [-0.2, -0.15) is 17.5 Å². The first-order chi connectivity index (χ1) is 15.5. The minimum atomic E-state index is -4.51. The van der Waals surface area contributed by atoms with Crippen LogP contribution in [0.2, 0.25) is 0 Å². The number of hydrogen-bond acceptors (Lipinski definition) is 5. The third-order valence-corrected chi connectivity index (χ3v) is 8.57. The maximum atomic E-state index is 13.1. The number of rotatable bonds is 4. The summed E-state index contributed by atoms with van der Waals surface area (Å²) in [6.45, 7) is 0.206. The van der Waals surface area contributed by atoms with E-state index in [0.29, 0.717) is 10.2 Å². The molecule has 7 nitrogen and oxygen atoms in total. The van der Waals surface area contributed by atoms with Gasteiger partial charge in [-0.3, -0.25) is 9.59 Å². The van der Waals surface area contributed by atoms with Crippen LogP contribution in [-0.4, -0.2) is 36.3 Å². The number of carbonyl (C=O) groups is 1. The number of halogens is 3. The summed E-state index contributed by atoms with van der Waals surface area (Å²) in [4.78, 5) is 24.3. The Kier molecular flexibility index (Phi) is 6.10. The number of sulfonamides is 1. The van der Waals surface area contributed by atoms with Gasteiger partial charge in [-0.1, -0.05) is 17.4 Å². The van der Waals surface area contributed by atoms with Crippen molar-refractivity contribution in [3.8, 4) is 0 Å². The zero-order valence-corrected chi connectivity index (χ0v) is 19.1. The molecular weight excluding hydrogens is 479 g/mol. The van der Waals surface area contributed by atoms with Crippen molar-refractivity contribution in [2.75, 3.05) is 18.4 Å². The Balaban J connectivity index is 1.43. The number of alkyl halides is 3. The second kappa shape index (κ2) is 8.58. The number of anilines is 1. The molecule has 12 heteroatoms. The number of amides is 1. The lowest BCUT2D eigenvalue weighted by molar-refractivity contribution is -0.137. The van der Waals surface area contributed by atoms with Crippen LogP contribution in [-0.2, 0) is 28.0 Å². The van der Waals surface area contributed by atoms with Gasteiger partial charge in [0.2, 0.25) is 15.9 Å². The quantitative estimate of drug-likeness (QED) is 0.594. The molecule has 1 aliphatic heterocycles. The molecule has 0 bridgehead atoms. The molecule has 0 aliphatic carbocycles. The van der Waals surface area contributed by atoms with E-state index in [1.807, 2.05) is 0 Å². The zero-order valence-electron chi connectivity index (χ0n) is 17.4. The number of thiazole rings is 1. The molecule has 2 aromatic carbocycles. The summed E-state index contributed by atoms with van der Waals surface area (Å²) in [5, 5.41) is 2.50. The molecule has 1 fully saturated rings. The van der Waals surface area contributed by atoms with Crippen molar-refractivity contribution < 1.29 is 26.4 Å². The maximum Gasteiger partial charge on any atom is 0.416 e. The molecule has 1 aliphatic rings. The van der Waals surface area contributed by atoms with Crippen molar-refractivity contribution in [2.24, 2.45) is 13.0 Å². The lowest BCUT2D eigenvalue weighted by atomic mass is 9.97. The lowest BCUT2D eigenvalue weighted by Gasteiger charge is -2.30. The van der Waals surface area contributed by atoms with Crippen LogP contribution >= 0.6 is 11.3 Å². The smallest absolute Gasteiger partial charge is 0.326 e. The molecule has 0 spiro atoms. The molecule has 2 heterocycles. The summed E-state index contributed by atoms with van der Waals surface area (Å²) in [7, 11) is -2.20. The first-order valence-corrected chi connectivity index (χ1v) is 12.3. The van der Waals surface area contributed by atoms with Crippen LogP contribution < -0.4 is 10.2 Å². The standard InChI is InChI=1S/C21H20F3N3O4S2/c1-26-17-6-5-16(12-18(17)32-20(26)29)33(30,31)27-9-7-13(8-10-27)19(28)25-15-4-2-3-14(11-15)21(22,23)24/h2-6,11-13H,7-10H2,1H3,(H,25,28). The third-order valence-electron chi connectivity index (χ3n) is 5.68. The highest BCUT2D eigenvalue weighted by atomic mass is 32.2. The minimum Gasteiger partial charge on any atom is -0.326 e. The number of fused-ring (bicyclic) bond motifs is 1. The zero-order chi connectivity index (χ0) is 24.0. The van der Waals surface area contributed by atoms with Crippen LogP contribution in [0, 0.1) is 5.92 Å². The highest BCUT2D eigenvalue weighted by Crippen LogP contribution is 2.31. The Hall–Kier alpha value is -2.70. The number of carbonyl (C=O) groups excluding carboxylic acids is 1. The topological polar surface area (TPSA) is 88.5 Å². The normalized spacial score (nSPS) is 16.2. The van der Waals surface area contributed by atoms with E-state index in [1.54, 1.807) is 13.1 Å². The number of aryl methyl sites for hydroxylation is 1.